The fraction of sp³-hybridized carbons (Fsp3) is 0.714. The number of urea groups is 1. The summed E-state index contributed by atoms with van der Waals surface area (Å²) < 4.78 is 0. The highest BCUT2D eigenvalue weighted by molar-refractivity contribution is 7.80. The third kappa shape index (κ3) is 7.27. The summed E-state index contributed by atoms with van der Waals surface area (Å²) in [6, 6.07) is -0.0314. The van der Waals surface area contributed by atoms with Gasteiger partial charge in [0, 0.05) is 19.0 Å². The maximum absolute atomic E-state index is 10.9. The van der Waals surface area contributed by atoms with Crippen molar-refractivity contribution in [1.82, 2.24) is 10.6 Å². The summed E-state index contributed by atoms with van der Waals surface area (Å²) in [6.45, 7) is 4.29. The highest BCUT2D eigenvalue weighted by Gasteiger charge is 2.00. The molecule has 12 heavy (non-hydrogen) atoms. The van der Waals surface area contributed by atoms with Gasteiger partial charge in [-0.3, -0.25) is 0 Å². The predicted molar refractivity (Wildman–Crippen MR) is 53.1 cm³/mol. The lowest BCUT2D eigenvalue weighted by atomic mass is 10.4. The molecule has 4 nitrogen and oxygen atoms in total. The van der Waals surface area contributed by atoms with E-state index in [4.69, 9.17) is 5.73 Å². The maximum atomic E-state index is 10.9. The van der Waals surface area contributed by atoms with Crippen molar-refractivity contribution < 1.29 is 4.79 Å². The quantitative estimate of drug-likeness (QED) is 0.560. The van der Waals surface area contributed by atoms with Gasteiger partial charge < -0.3 is 16.4 Å². The van der Waals surface area contributed by atoms with Gasteiger partial charge in [-0.25, -0.2) is 4.79 Å². The van der Waals surface area contributed by atoms with Gasteiger partial charge in [0.05, 0.1) is 4.99 Å². The van der Waals surface area contributed by atoms with Crippen LogP contribution in [0.3, 0.4) is 0 Å². The van der Waals surface area contributed by atoms with Gasteiger partial charge in [0.25, 0.3) is 0 Å². The normalized spacial score (nSPS) is 9.58. The maximum Gasteiger partial charge on any atom is 0.314 e. The standard InChI is InChI=1S/C7H15N3OS/c1-5(2)10-7(11)9-4-3-6(8)12/h5H,3-4H2,1-2H3,(H2,8,12)(H2,9,10,11). The molecule has 5 heteroatoms. The minimum Gasteiger partial charge on any atom is -0.393 e. The Bertz CT molecular complexity index is 170. The van der Waals surface area contributed by atoms with Crippen LogP contribution in [-0.4, -0.2) is 23.6 Å². The second-order valence-corrected chi connectivity index (χ2v) is 3.30. The van der Waals surface area contributed by atoms with Crippen molar-refractivity contribution in [1.29, 1.82) is 0 Å². The Morgan fingerprint density at radius 1 is 1.58 bits per heavy atom. The Kier molecular flexibility index (Phi) is 5.36. The first kappa shape index (κ1) is 11.2. The van der Waals surface area contributed by atoms with E-state index in [1.807, 2.05) is 13.8 Å². The van der Waals surface area contributed by atoms with Crippen LogP contribution in [0.5, 0.6) is 0 Å². The van der Waals surface area contributed by atoms with Crippen LogP contribution in [-0.2, 0) is 0 Å². The largest absolute Gasteiger partial charge is 0.393 e. The van der Waals surface area contributed by atoms with E-state index in [0.29, 0.717) is 18.0 Å². The van der Waals surface area contributed by atoms with E-state index >= 15 is 0 Å². The van der Waals surface area contributed by atoms with Crippen molar-refractivity contribution in [3.8, 4) is 0 Å². The number of thiocarbonyl (C=S) groups is 1. The molecule has 4 N–H and O–H groups in total. The molecular formula is C7H15N3OS. The molecule has 0 heterocycles. The molecule has 0 saturated carbocycles. The lowest BCUT2D eigenvalue weighted by Crippen LogP contribution is -2.40. The van der Waals surface area contributed by atoms with Gasteiger partial charge >= 0.3 is 6.03 Å². The van der Waals surface area contributed by atoms with Crippen LogP contribution in [0.4, 0.5) is 4.79 Å². The molecule has 0 aromatic heterocycles. The number of hydrogen-bond donors (Lipinski definition) is 3. The second-order valence-electron chi connectivity index (χ2n) is 2.77. The number of rotatable bonds is 4. The van der Waals surface area contributed by atoms with Crippen LogP contribution in [0.1, 0.15) is 20.3 Å². The van der Waals surface area contributed by atoms with E-state index in [2.05, 4.69) is 22.9 Å². The first-order valence-corrected chi connectivity index (χ1v) is 4.26. The smallest absolute Gasteiger partial charge is 0.314 e. The number of nitrogens with one attached hydrogen (secondary N) is 2. The molecule has 0 radical (unpaired) electrons. The second kappa shape index (κ2) is 5.77. The van der Waals surface area contributed by atoms with Crippen LogP contribution in [0.15, 0.2) is 0 Å². The Hall–Kier alpha value is -0.840. The molecule has 0 aromatic carbocycles. The molecule has 0 aliphatic rings. The summed E-state index contributed by atoms with van der Waals surface area (Å²) in [7, 11) is 0. The van der Waals surface area contributed by atoms with Gasteiger partial charge in [-0.15, -0.1) is 0 Å². The fourth-order valence-electron chi connectivity index (χ4n) is 0.612. The summed E-state index contributed by atoms with van der Waals surface area (Å²) in [5, 5.41) is 5.31. The van der Waals surface area contributed by atoms with Crippen LogP contribution in [0.25, 0.3) is 0 Å². The minimum absolute atomic E-state index is 0.148. The van der Waals surface area contributed by atoms with Crippen molar-refractivity contribution in [2.45, 2.75) is 26.3 Å². The third-order valence-electron chi connectivity index (χ3n) is 1.08. The van der Waals surface area contributed by atoms with E-state index in [1.165, 1.54) is 0 Å². The SMILES string of the molecule is CC(C)NC(=O)NCCC(N)=S. The zero-order valence-corrected chi connectivity index (χ0v) is 8.20. The van der Waals surface area contributed by atoms with Crippen molar-refractivity contribution in [2.75, 3.05) is 6.54 Å². The molecule has 0 spiro atoms. The lowest BCUT2D eigenvalue weighted by molar-refractivity contribution is 0.239. The predicted octanol–water partition coefficient (Wildman–Crippen LogP) is 0.370. The van der Waals surface area contributed by atoms with Gasteiger partial charge in [-0.1, -0.05) is 12.2 Å². The first-order valence-electron chi connectivity index (χ1n) is 3.85. The Balaban J connectivity index is 3.38. The van der Waals surface area contributed by atoms with Crippen LogP contribution in [0.2, 0.25) is 0 Å². The van der Waals surface area contributed by atoms with Gasteiger partial charge in [-0.2, -0.15) is 0 Å². The topological polar surface area (TPSA) is 67.2 Å². The number of carbonyl (C=O) groups excluding carboxylic acids is 1. The summed E-state index contributed by atoms with van der Waals surface area (Å²) in [5.41, 5.74) is 5.24. The van der Waals surface area contributed by atoms with E-state index in [0.717, 1.165) is 0 Å². The highest BCUT2D eigenvalue weighted by atomic mass is 32.1. The molecule has 0 aromatic rings. The van der Waals surface area contributed by atoms with E-state index in [1.54, 1.807) is 0 Å². The molecule has 0 fully saturated rings. The monoisotopic (exact) mass is 189 g/mol. The zero-order valence-electron chi connectivity index (χ0n) is 7.39. The summed E-state index contributed by atoms with van der Waals surface area (Å²) >= 11 is 4.64. The average molecular weight is 189 g/mol. The highest BCUT2D eigenvalue weighted by Crippen LogP contribution is 1.79. The minimum atomic E-state index is -0.179. The molecular weight excluding hydrogens is 174 g/mol. The molecule has 0 aliphatic carbocycles. The molecule has 0 saturated heterocycles. The lowest BCUT2D eigenvalue weighted by Gasteiger charge is -2.09. The third-order valence-corrected chi connectivity index (χ3v) is 1.28. The Morgan fingerprint density at radius 3 is 2.58 bits per heavy atom. The van der Waals surface area contributed by atoms with Crippen molar-refractivity contribution in [3.05, 3.63) is 0 Å². The number of carbonyl (C=O) groups is 1. The van der Waals surface area contributed by atoms with E-state index in [-0.39, 0.29) is 12.1 Å². The van der Waals surface area contributed by atoms with Crippen molar-refractivity contribution in [3.63, 3.8) is 0 Å². The Labute approximate surface area is 77.9 Å². The molecule has 70 valence electrons. The molecule has 0 aliphatic heterocycles. The van der Waals surface area contributed by atoms with Crippen molar-refractivity contribution >= 4 is 23.2 Å². The summed E-state index contributed by atoms with van der Waals surface area (Å²) in [4.78, 5) is 11.3. The van der Waals surface area contributed by atoms with Gasteiger partial charge in [0.15, 0.2) is 0 Å². The van der Waals surface area contributed by atoms with Crippen LogP contribution >= 0.6 is 12.2 Å². The average Bonchev–Trinajstić information content (AvgIpc) is 1.84. The number of amides is 2. The first-order chi connectivity index (χ1) is 5.52. The molecule has 2 amide bonds. The summed E-state index contributed by atoms with van der Waals surface area (Å²) in [5.74, 6) is 0. The molecule has 0 rings (SSSR count). The molecule has 0 unspecified atom stereocenters. The molecule has 0 atom stereocenters. The number of nitrogens with two attached hydrogens (primary N) is 1. The van der Waals surface area contributed by atoms with Gasteiger partial charge in [-0.05, 0) is 13.8 Å². The van der Waals surface area contributed by atoms with E-state index in [9.17, 15) is 4.79 Å². The molecule has 0 bridgehead atoms. The Morgan fingerprint density at radius 2 is 2.17 bits per heavy atom. The van der Waals surface area contributed by atoms with Crippen LogP contribution in [0, 0.1) is 0 Å². The van der Waals surface area contributed by atoms with Crippen LogP contribution < -0.4 is 16.4 Å². The van der Waals surface area contributed by atoms with Crippen molar-refractivity contribution in [2.24, 2.45) is 5.73 Å². The zero-order chi connectivity index (χ0) is 9.56. The van der Waals surface area contributed by atoms with E-state index < -0.39 is 0 Å². The van der Waals surface area contributed by atoms with Gasteiger partial charge in [0.1, 0.15) is 0 Å². The number of hydrogen-bond acceptors (Lipinski definition) is 2. The van der Waals surface area contributed by atoms with Gasteiger partial charge in [0.2, 0.25) is 0 Å². The summed E-state index contributed by atoms with van der Waals surface area (Å²) in [6.07, 6.45) is 0.543. The fourth-order valence-corrected chi connectivity index (χ4v) is 0.715.